The molecule has 0 radical (unpaired) electrons. The highest BCUT2D eigenvalue weighted by Gasteiger charge is 2.14. The van der Waals surface area contributed by atoms with Crippen molar-refractivity contribution in [1.29, 1.82) is 0 Å². The molecule has 1 aromatic carbocycles. The standard InChI is InChI=1S/C12H15FN2O/c1-8(2)15-10-5-3-4-9(13)12(10)14-11(15)6-7-16/h3-5,8,16H,6-7H2,1-2H3. The maximum atomic E-state index is 13.5. The second kappa shape index (κ2) is 4.22. The fraction of sp³-hybridized carbons (Fsp3) is 0.417. The Balaban J connectivity index is 2.70. The Hall–Kier alpha value is -1.42. The minimum Gasteiger partial charge on any atom is -0.396 e. The highest BCUT2D eigenvalue weighted by atomic mass is 19.1. The van der Waals surface area contributed by atoms with Gasteiger partial charge in [0.15, 0.2) is 5.82 Å². The molecule has 0 aliphatic carbocycles. The molecule has 2 aromatic rings. The molecule has 86 valence electrons. The third kappa shape index (κ3) is 1.69. The first-order chi connectivity index (χ1) is 7.65. The van der Waals surface area contributed by atoms with Crippen molar-refractivity contribution in [2.75, 3.05) is 6.61 Å². The van der Waals surface area contributed by atoms with Gasteiger partial charge in [0.25, 0.3) is 0 Å². The molecule has 0 spiro atoms. The number of aromatic nitrogens is 2. The summed E-state index contributed by atoms with van der Waals surface area (Å²) in [6, 6.07) is 5.14. The lowest BCUT2D eigenvalue weighted by Crippen LogP contribution is -2.07. The van der Waals surface area contributed by atoms with Gasteiger partial charge in [-0.3, -0.25) is 0 Å². The highest BCUT2D eigenvalue weighted by Crippen LogP contribution is 2.23. The number of imidazole rings is 1. The zero-order chi connectivity index (χ0) is 11.7. The van der Waals surface area contributed by atoms with E-state index in [1.807, 2.05) is 24.5 Å². The lowest BCUT2D eigenvalue weighted by Gasteiger charge is -2.12. The van der Waals surface area contributed by atoms with Gasteiger partial charge in [0.1, 0.15) is 11.3 Å². The van der Waals surface area contributed by atoms with E-state index in [0.29, 0.717) is 11.9 Å². The van der Waals surface area contributed by atoms with Crippen LogP contribution in [-0.4, -0.2) is 21.3 Å². The molecule has 0 amide bonds. The Kier molecular flexibility index (Phi) is 2.92. The van der Waals surface area contributed by atoms with Gasteiger partial charge in [0.2, 0.25) is 0 Å². The van der Waals surface area contributed by atoms with Crippen LogP contribution in [0.25, 0.3) is 11.0 Å². The van der Waals surface area contributed by atoms with E-state index in [2.05, 4.69) is 4.98 Å². The molecule has 3 nitrogen and oxygen atoms in total. The van der Waals surface area contributed by atoms with Gasteiger partial charge in [0.05, 0.1) is 12.1 Å². The number of benzene rings is 1. The minimum atomic E-state index is -0.309. The average Bonchev–Trinajstić information content (AvgIpc) is 2.58. The van der Waals surface area contributed by atoms with Gasteiger partial charge in [-0.25, -0.2) is 9.37 Å². The van der Waals surface area contributed by atoms with Gasteiger partial charge >= 0.3 is 0 Å². The van der Waals surface area contributed by atoms with Crippen molar-refractivity contribution in [3.8, 4) is 0 Å². The highest BCUT2D eigenvalue weighted by molar-refractivity contribution is 5.76. The molecule has 2 rings (SSSR count). The SMILES string of the molecule is CC(C)n1c(CCO)nc2c(F)cccc21. The summed E-state index contributed by atoms with van der Waals surface area (Å²) in [5.41, 5.74) is 1.18. The number of para-hydroxylation sites is 1. The Morgan fingerprint density at radius 1 is 1.44 bits per heavy atom. The molecule has 0 aliphatic heterocycles. The Morgan fingerprint density at radius 3 is 2.81 bits per heavy atom. The molecular formula is C12H15FN2O. The van der Waals surface area contributed by atoms with Crippen LogP contribution in [0.2, 0.25) is 0 Å². The quantitative estimate of drug-likeness (QED) is 0.865. The summed E-state index contributed by atoms with van der Waals surface area (Å²) < 4.78 is 15.5. The summed E-state index contributed by atoms with van der Waals surface area (Å²) in [5, 5.41) is 8.97. The van der Waals surface area contributed by atoms with E-state index in [4.69, 9.17) is 5.11 Å². The molecule has 0 atom stereocenters. The van der Waals surface area contributed by atoms with E-state index in [1.54, 1.807) is 6.07 Å². The first-order valence-electron chi connectivity index (χ1n) is 5.41. The van der Waals surface area contributed by atoms with E-state index in [-0.39, 0.29) is 18.5 Å². The minimum absolute atomic E-state index is 0.0255. The number of hydrogen-bond donors (Lipinski definition) is 1. The lowest BCUT2D eigenvalue weighted by molar-refractivity contribution is 0.294. The topological polar surface area (TPSA) is 38.0 Å². The number of nitrogens with zero attached hydrogens (tertiary/aromatic N) is 2. The third-order valence-corrected chi connectivity index (χ3v) is 2.60. The van der Waals surface area contributed by atoms with Crippen LogP contribution in [0.3, 0.4) is 0 Å². The summed E-state index contributed by atoms with van der Waals surface area (Å²) in [4.78, 5) is 4.25. The molecule has 0 fully saturated rings. The number of halogens is 1. The Bertz CT molecular complexity index is 505. The summed E-state index contributed by atoms with van der Waals surface area (Å²) in [5.74, 6) is 0.425. The molecule has 0 aliphatic rings. The molecule has 16 heavy (non-hydrogen) atoms. The van der Waals surface area contributed by atoms with Crippen molar-refractivity contribution >= 4 is 11.0 Å². The van der Waals surface area contributed by atoms with Gasteiger partial charge in [-0.05, 0) is 26.0 Å². The fourth-order valence-electron chi connectivity index (χ4n) is 1.98. The number of aliphatic hydroxyl groups is 1. The summed E-state index contributed by atoms with van der Waals surface area (Å²) in [6.07, 6.45) is 0.451. The summed E-state index contributed by atoms with van der Waals surface area (Å²) in [6.45, 7) is 4.07. The smallest absolute Gasteiger partial charge is 0.151 e. The maximum absolute atomic E-state index is 13.5. The van der Waals surface area contributed by atoms with Crippen molar-refractivity contribution in [2.45, 2.75) is 26.3 Å². The van der Waals surface area contributed by atoms with E-state index in [9.17, 15) is 4.39 Å². The van der Waals surface area contributed by atoms with Crippen LogP contribution in [0.4, 0.5) is 4.39 Å². The molecule has 1 aromatic heterocycles. The zero-order valence-corrected chi connectivity index (χ0v) is 9.44. The normalized spacial score (nSPS) is 11.6. The van der Waals surface area contributed by atoms with Crippen LogP contribution in [0.15, 0.2) is 18.2 Å². The third-order valence-electron chi connectivity index (χ3n) is 2.60. The first kappa shape index (κ1) is 11.1. The molecule has 0 unspecified atom stereocenters. The van der Waals surface area contributed by atoms with Crippen molar-refractivity contribution in [3.63, 3.8) is 0 Å². The molecule has 4 heteroatoms. The van der Waals surface area contributed by atoms with Crippen molar-refractivity contribution < 1.29 is 9.50 Å². The Morgan fingerprint density at radius 2 is 2.19 bits per heavy atom. The van der Waals surface area contributed by atoms with Crippen molar-refractivity contribution in [1.82, 2.24) is 9.55 Å². The van der Waals surface area contributed by atoms with E-state index >= 15 is 0 Å². The van der Waals surface area contributed by atoms with Crippen molar-refractivity contribution in [2.24, 2.45) is 0 Å². The van der Waals surface area contributed by atoms with E-state index in [1.165, 1.54) is 6.07 Å². The van der Waals surface area contributed by atoms with Crippen LogP contribution in [0.1, 0.15) is 25.7 Å². The second-order valence-electron chi connectivity index (χ2n) is 4.07. The average molecular weight is 222 g/mol. The second-order valence-corrected chi connectivity index (χ2v) is 4.07. The number of hydrogen-bond acceptors (Lipinski definition) is 2. The summed E-state index contributed by atoms with van der Waals surface area (Å²) in [7, 11) is 0. The van der Waals surface area contributed by atoms with E-state index in [0.717, 1.165) is 11.3 Å². The number of rotatable bonds is 3. The molecule has 1 N–H and O–H groups in total. The van der Waals surface area contributed by atoms with Crippen LogP contribution >= 0.6 is 0 Å². The van der Waals surface area contributed by atoms with Gasteiger partial charge in [0, 0.05) is 12.5 Å². The van der Waals surface area contributed by atoms with Crippen molar-refractivity contribution in [3.05, 3.63) is 29.8 Å². The van der Waals surface area contributed by atoms with E-state index < -0.39 is 0 Å². The van der Waals surface area contributed by atoms with Crippen LogP contribution in [0, 0.1) is 5.82 Å². The van der Waals surface area contributed by atoms with Crippen LogP contribution in [-0.2, 0) is 6.42 Å². The number of aliphatic hydroxyl groups excluding tert-OH is 1. The largest absolute Gasteiger partial charge is 0.396 e. The maximum Gasteiger partial charge on any atom is 0.151 e. The lowest BCUT2D eigenvalue weighted by atomic mass is 10.3. The predicted octanol–water partition coefficient (Wildman–Crippen LogP) is 2.29. The fourth-order valence-corrected chi connectivity index (χ4v) is 1.98. The van der Waals surface area contributed by atoms with Crippen LogP contribution in [0.5, 0.6) is 0 Å². The molecule has 0 bridgehead atoms. The molecular weight excluding hydrogens is 207 g/mol. The van der Waals surface area contributed by atoms with Gasteiger partial charge in [-0.2, -0.15) is 0 Å². The van der Waals surface area contributed by atoms with Gasteiger partial charge < -0.3 is 9.67 Å². The number of fused-ring (bicyclic) bond motifs is 1. The Labute approximate surface area is 93.5 Å². The van der Waals surface area contributed by atoms with Crippen LogP contribution < -0.4 is 0 Å². The first-order valence-corrected chi connectivity index (χ1v) is 5.41. The van der Waals surface area contributed by atoms with Gasteiger partial charge in [-0.15, -0.1) is 0 Å². The zero-order valence-electron chi connectivity index (χ0n) is 9.44. The van der Waals surface area contributed by atoms with Gasteiger partial charge in [-0.1, -0.05) is 6.07 Å². The predicted molar refractivity (Wildman–Crippen MR) is 60.9 cm³/mol. The summed E-state index contributed by atoms with van der Waals surface area (Å²) >= 11 is 0. The molecule has 1 heterocycles. The molecule has 0 saturated carbocycles. The monoisotopic (exact) mass is 222 g/mol. The molecule has 0 saturated heterocycles.